The first-order valence-electron chi connectivity index (χ1n) is 6.10. The number of likely N-dealkylation sites (N-methyl/N-ethyl adjacent to an activating group) is 1. The van der Waals surface area contributed by atoms with E-state index in [1.807, 2.05) is 18.5 Å². The summed E-state index contributed by atoms with van der Waals surface area (Å²) in [6, 6.07) is 4.84. The van der Waals surface area contributed by atoms with Crippen LogP contribution in [0.4, 0.5) is 0 Å². The van der Waals surface area contributed by atoms with E-state index >= 15 is 0 Å². The van der Waals surface area contributed by atoms with Gasteiger partial charge in [0.1, 0.15) is 0 Å². The lowest BCUT2D eigenvalue weighted by Crippen LogP contribution is -2.38. The molecule has 16 heavy (non-hydrogen) atoms. The first kappa shape index (κ1) is 11.9. The summed E-state index contributed by atoms with van der Waals surface area (Å²) < 4.78 is 0. The van der Waals surface area contributed by atoms with Crippen molar-refractivity contribution >= 4 is 11.8 Å². The largest absolute Gasteiger partial charge is 0.314 e. The highest BCUT2D eigenvalue weighted by Crippen LogP contribution is 2.27. The van der Waals surface area contributed by atoms with E-state index in [1.165, 1.54) is 23.5 Å². The molecule has 0 spiro atoms. The second kappa shape index (κ2) is 6.26. The second-order valence-electron chi connectivity index (χ2n) is 4.35. The van der Waals surface area contributed by atoms with Crippen molar-refractivity contribution in [1.82, 2.24) is 10.3 Å². The van der Waals surface area contributed by atoms with Crippen molar-refractivity contribution in [3.8, 4) is 0 Å². The van der Waals surface area contributed by atoms with E-state index in [9.17, 15) is 0 Å². The number of aromatic nitrogens is 1. The summed E-state index contributed by atoms with van der Waals surface area (Å²) in [7, 11) is 0. The minimum absolute atomic E-state index is 0.629. The molecule has 1 aliphatic heterocycles. The fourth-order valence-electron chi connectivity index (χ4n) is 2.31. The van der Waals surface area contributed by atoms with Crippen LogP contribution in [0.5, 0.6) is 0 Å². The Hall–Kier alpha value is -0.540. The van der Waals surface area contributed by atoms with Crippen molar-refractivity contribution in [2.45, 2.75) is 25.8 Å². The third-order valence-corrected chi connectivity index (χ3v) is 4.37. The van der Waals surface area contributed by atoms with Crippen LogP contribution >= 0.6 is 11.8 Å². The Morgan fingerprint density at radius 3 is 3.19 bits per heavy atom. The molecule has 2 rings (SSSR count). The molecule has 0 amide bonds. The van der Waals surface area contributed by atoms with Gasteiger partial charge in [0.15, 0.2) is 0 Å². The number of nitrogens with zero attached hydrogens (tertiary/aromatic N) is 1. The lowest BCUT2D eigenvalue weighted by Gasteiger charge is -2.23. The van der Waals surface area contributed by atoms with Crippen LogP contribution in [-0.2, 0) is 6.42 Å². The van der Waals surface area contributed by atoms with Crippen LogP contribution in [-0.4, -0.2) is 29.1 Å². The summed E-state index contributed by atoms with van der Waals surface area (Å²) in [5, 5.41) is 3.63. The Bertz CT molecular complexity index is 296. The van der Waals surface area contributed by atoms with Gasteiger partial charge >= 0.3 is 0 Å². The minimum atomic E-state index is 0.629. The molecule has 1 fully saturated rings. The molecule has 2 atom stereocenters. The van der Waals surface area contributed by atoms with Gasteiger partial charge in [0.2, 0.25) is 0 Å². The molecule has 2 nitrogen and oxygen atoms in total. The van der Waals surface area contributed by atoms with Gasteiger partial charge in [0, 0.05) is 18.4 Å². The summed E-state index contributed by atoms with van der Waals surface area (Å²) >= 11 is 2.09. The van der Waals surface area contributed by atoms with Gasteiger partial charge in [-0.15, -0.1) is 0 Å². The smallest absolute Gasteiger partial charge is 0.0300 e. The molecule has 1 saturated heterocycles. The van der Waals surface area contributed by atoms with E-state index in [2.05, 4.69) is 35.1 Å². The van der Waals surface area contributed by atoms with Crippen LogP contribution in [0.25, 0.3) is 0 Å². The number of thioether (sulfide) groups is 1. The molecule has 1 aromatic heterocycles. The van der Waals surface area contributed by atoms with E-state index in [0.29, 0.717) is 6.04 Å². The van der Waals surface area contributed by atoms with Gasteiger partial charge < -0.3 is 5.32 Å². The van der Waals surface area contributed by atoms with E-state index in [4.69, 9.17) is 0 Å². The molecule has 0 aliphatic carbocycles. The predicted molar refractivity (Wildman–Crippen MR) is 70.8 cm³/mol. The van der Waals surface area contributed by atoms with Crippen LogP contribution in [0.1, 0.15) is 18.9 Å². The van der Waals surface area contributed by atoms with E-state index in [-0.39, 0.29) is 0 Å². The monoisotopic (exact) mass is 236 g/mol. The van der Waals surface area contributed by atoms with Crippen molar-refractivity contribution in [1.29, 1.82) is 0 Å². The Kier molecular flexibility index (Phi) is 4.67. The van der Waals surface area contributed by atoms with Crippen molar-refractivity contribution in [3.05, 3.63) is 30.1 Å². The zero-order valence-electron chi connectivity index (χ0n) is 9.86. The Morgan fingerprint density at radius 2 is 2.56 bits per heavy atom. The van der Waals surface area contributed by atoms with Gasteiger partial charge in [-0.05, 0) is 48.4 Å². The molecule has 3 heteroatoms. The molecule has 88 valence electrons. The zero-order valence-corrected chi connectivity index (χ0v) is 10.7. The minimum Gasteiger partial charge on any atom is -0.314 e. The van der Waals surface area contributed by atoms with Gasteiger partial charge in [-0.2, -0.15) is 11.8 Å². The molecule has 0 aromatic carbocycles. The number of hydrogen-bond acceptors (Lipinski definition) is 3. The van der Waals surface area contributed by atoms with Gasteiger partial charge in [-0.25, -0.2) is 0 Å². The fraction of sp³-hybridized carbons (Fsp3) is 0.615. The van der Waals surface area contributed by atoms with E-state index in [1.54, 1.807) is 0 Å². The maximum absolute atomic E-state index is 4.19. The zero-order chi connectivity index (χ0) is 11.2. The van der Waals surface area contributed by atoms with Crippen LogP contribution in [0.15, 0.2) is 24.5 Å². The van der Waals surface area contributed by atoms with Crippen molar-refractivity contribution in [3.63, 3.8) is 0 Å². The maximum atomic E-state index is 4.19. The van der Waals surface area contributed by atoms with Crippen LogP contribution in [0.3, 0.4) is 0 Å². The van der Waals surface area contributed by atoms with E-state index in [0.717, 1.165) is 18.9 Å². The van der Waals surface area contributed by atoms with Gasteiger partial charge in [0.25, 0.3) is 0 Å². The quantitative estimate of drug-likeness (QED) is 0.849. The fourth-order valence-corrected chi connectivity index (χ4v) is 3.65. The molecule has 2 unspecified atom stereocenters. The van der Waals surface area contributed by atoms with Crippen molar-refractivity contribution in [2.75, 3.05) is 18.1 Å². The summed E-state index contributed by atoms with van der Waals surface area (Å²) in [6.07, 6.45) is 6.32. The normalized spacial score (nSPS) is 22.2. The number of nitrogens with one attached hydrogen (secondary N) is 1. The third kappa shape index (κ3) is 3.22. The SMILES string of the molecule is CCNC(Cc1cccnc1)C1CCSC1. The second-order valence-corrected chi connectivity index (χ2v) is 5.50. The van der Waals surface area contributed by atoms with Crippen LogP contribution < -0.4 is 5.32 Å². The predicted octanol–water partition coefficient (Wildman–Crippen LogP) is 2.36. The average molecular weight is 236 g/mol. The molecule has 1 aliphatic rings. The highest BCUT2D eigenvalue weighted by Gasteiger charge is 2.24. The topological polar surface area (TPSA) is 24.9 Å². The summed E-state index contributed by atoms with van der Waals surface area (Å²) in [6.45, 7) is 3.25. The summed E-state index contributed by atoms with van der Waals surface area (Å²) in [5.74, 6) is 3.49. The molecule has 1 N–H and O–H groups in total. The highest BCUT2D eigenvalue weighted by atomic mass is 32.2. The molecular weight excluding hydrogens is 216 g/mol. The lowest BCUT2D eigenvalue weighted by molar-refractivity contribution is 0.387. The summed E-state index contributed by atoms with van der Waals surface area (Å²) in [5.41, 5.74) is 1.35. The first-order valence-corrected chi connectivity index (χ1v) is 7.25. The Balaban J connectivity index is 1.96. The van der Waals surface area contributed by atoms with Crippen LogP contribution in [0, 0.1) is 5.92 Å². The molecule has 2 heterocycles. The molecular formula is C13H20N2S. The van der Waals surface area contributed by atoms with Gasteiger partial charge in [-0.3, -0.25) is 4.98 Å². The third-order valence-electron chi connectivity index (χ3n) is 3.18. The molecule has 0 radical (unpaired) electrons. The molecule has 0 bridgehead atoms. The van der Waals surface area contributed by atoms with Crippen molar-refractivity contribution < 1.29 is 0 Å². The summed E-state index contributed by atoms with van der Waals surface area (Å²) in [4.78, 5) is 4.19. The van der Waals surface area contributed by atoms with Crippen molar-refractivity contribution in [2.24, 2.45) is 5.92 Å². The maximum Gasteiger partial charge on any atom is 0.0300 e. The highest BCUT2D eigenvalue weighted by molar-refractivity contribution is 7.99. The van der Waals surface area contributed by atoms with E-state index < -0.39 is 0 Å². The Morgan fingerprint density at radius 1 is 1.62 bits per heavy atom. The Labute approximate surface area is 102 Å². The first-order chi connectivity index (χ1) is 7.90. The number of rotatable bonds is 5. The van der Waals surface area contributed by atoms with Gasteiger partial charge in [0.05, 0.1) is 0 Å². The number of pyridine rings is 1. The van der Waals surface area contributed by atoms with Gasteiger partial charge in [-0.1, -0.05) is 13.0 Å². The lowest BCUT2D eigenvalue weighted by atomic mass is 9.93. The molecule has 1 aromatic rings. The molecule has 0 saturated carbocycles. The number of hydrogen-bond donors (Lipinski definition) is 1. The average Bonchev–Trinajstić information content (AvgIpc) is 2.83. The standard InChI is InChI=1S/C13H20N2S/c1-2-15-13(12-5-7-16-10-12)8-11-4-3-6-14-9-11/h3-4,6,9,12-13,15H,2,5,7-8,10H2,1H3. The van der Waals surface area contributed by atoms with Crippen LogP contribution in [0.2, 0.25) is 0 Å².